The fraction of sp³-hybridized carbons (Fsp3) is 0.500. The molecular weight excluding hydrogens is 107 g/mol. The van der Waals surface area contributed by atoms with E-state index in [1.165, 1.54) is 13.0 Å². The lowest BCUT2D eigenvalue weighted by atomic mass is 10.3. The van der Waals surface area contributed by atoms with Crippen molar-refractivity contribution in [3.05, 3.63) is 11.9 Å². The first-order valence-corrected chi connectivity index (χ1v) is 2.57. The van der Waals surface area contributed by atoms with Crippen LogP contribution in [0.1, 0.15) is 20.3 Å². The predicted molar refractivity (Wildman–Crippen MR) is 30.2 cm³/mol. The average molecular weight is 116 g/mol. The normalized spacial score (nSPS) is 11.6. The van der Waals surface area contributed by atoms with Gasteiger partial charge in [0.1, 0.15) is 0 Å². The van der Waals surface area contributed by atoms with Gasteiger partial charge in [0.15, 0.2) is 11.6 Å². The molecule has 0 saturated carbocycles. The van der Waals surface area contributed by atoms with Crippen molar-refractivity contribution in [2.75, 3.05) is 0 Å². The Labute approximate surface area is 48.2 Å². The van der Waals surface area contributed by atoms with Crippen LogP contribution in [0.25, 0.3) is 0 Å². The first-order valence-electron chi connectivity index (χ1n) is 2.57. The Hall–Kier alpha value is -0.660. The molecule has 0 aliphatic rings. The summed E-state index contributed by atoms with van der Waals surface area (Å²) in [5.74, 6) is -1.06. The number of halogens is 1. The van der Waals surface area contributed by atoms with Gasteiger partial charge < -0.3 is 0 Å². The average Bonchev–Trinajstić information content (AvgIpc) is 1.84. The van der Waals surface area contributed by atoms with Crippen molar-refractivity contribution in [2.45, 2.75) is 20.3 Å². The van der Waals surface area contributed by atoms with Crippen molar-refractivity contribution in [3.8, 4) is 0 Å². The second-order valence-electron chi connectivity index (χ2n) is 1.41. The van der Waals surface area contributed by atoms with E-state index < -0.39 is 11.6 Å². The minimum Gasteiger partial charge on any atom is -0.292 e. The molecule has 0 aromatic rings. The second kappa shape index (κ2) is 3.36. The molecule has 1 nitrogen and oxygen atoms in total. The van der Waals surface area contributed by atoms with Crippen LogP contribution in [0, 0.1) is 0 Å². The fourth-order valence-corrected chi connectivity index (χ4v) is 0.330. The van der Waals surface area contributed by atoms with E-state index in [-0.39, 0.29) is 6.42 Å². The van der Waals surface area contributed by atoms with E-state index in [9.17, 15) is 9.18 Å². The number of rotatable bonds is 2. The summed E-state index contributed by atoms with van der Waals surface area (Å²) >= 11 is 0. The molecule has 0 spiro atoms. The smallest absolute Gasteiger partial charge is 0.190 e. The number of Topliss-reactive ketones (excluding diaryl/α,β-unsaturated/α-hetero) is 1. The van der Waals surface area contributed by atoms with Crippen LogP contribution in [0.15, 0.2) is 11.9 Å². The van der Waals surface area contributed by atoms with E-state index >= 15 is 0 Å². The summed E-state index contributed by atoms with van der Waals surface area (Å²) in [6, 6.07) is 0. The number of hydrogen-bond donors (Lipinski definition) is 0. The summed E-state index contributed by atoms with van der Waals surface area (Å²) in [5, 5.41) is 0. The van der Waals surface area contributed by atoms with Crippen LogP contribution in [-0.2, 0) is 4.79 Å². The molecule has 0 aromatic carbocycles. The van der Waals surface area contributed by atoms with Gasteiger partial charge in [0.05, 0.1) is 0 Å². The first kappa shape index (κ1) is 7.34. The summed E-state index contributed by atoms with van der Waals surface area (Å²) in [6.45, 7) is 3.13. The van der Waals surface area contributed by atoms with Crippen LogP contribution in [0.5, 0.6) is 0 Å². The molecule has 8 heavy (non-hydrogen) atoms. The molecule has 2 heteroatoms. The third kappa shape index (κ3) is 1.87. The van der Waals surface area contributed by atoms with Gasteiger partial charge in [-0.3, -0.25) is 4.79 Å². The predicted octanol–water partition coefficient (Wildman–Crippen LogP) is 1.84. The van der Waals surface area contributed by atoms with Gasteiger partial charge in [-0.1, -0.05) is 6.92 Å². The van der Waals surface area contributed by atoms with Crippen molar-refractivity contribution >= 4 is 5.78 Å². The van der Waals surface area contributed by atoms with Crippen molar-refractivity contribution in [3.63, 3.8) is 0 Å². The molecule has 0 bridgehead atoms. The van der Waals surface area contributed by atoms with Crippen molar-refractivity contribution < 1.29 is 9.18 Å². The zero-order valence-electron chi connectivity index (χ0n) is 5.07. The summed E-state index contributed by atoms with van der Waals surface area (Å²) in [4.78, 5) is 10.3. The maximum absolute atomic E-state index is 12.0. The number of hydrogen-bond acceptors (Lipinski definition) is 1. The third-order valence-electron chi connectivity index (χ3n) is 0.841. The van der Waals surface area contributed by atoms with Crippen molar-refractivity contribution in [2.24, 2.45) is 0 Å². The highest BCUT2D eigenvalue weighted by Crippen LogP contribution is 1.99. The Morgan fingerprint density at radius 1 is 1.75 bits per heavy atom. The number of ketones is 1. The summed E-state index contributed by atoms with van der Waals surface area (Å²) in [7, 11) is 0. The SMILES string of the molecule is CC=C(F)C(=O)CC. The molecule has 0 aromatic heterocycles. The van der Waals surface area contributed by atoms with E-state index in [1.807, 2.05) is 0 Å². The summed E-state index contributed by atoms with van der Waals surface area (Å²) in [6.07, 6.45) is 1.42. The van der Waals surface area contributed by atoms with Crippen LogP contribution in [-0.4, -0.2) is 5.78 Å². The van der Waals surface area contributed by atoms with Crippen LogP contribution in [0.3, 0.4) is 0 Å². The first-order chi connectivity index (χ1) is 3.72. The fourth-order valence-electron chi connectivity index (χ4n) is 0.330. The molecule has 0 radical (unpaired) electrons. The lowest BCUT2D eigenvalue weighted by Crippen LogP contribution is -1.93. The van der Waals surface area contributed by atoms with E-state index in [2.05, 4.69) is 0 Å². The molecule has 0 heterocycles. The molecule has 0 atom stereocenters. The van der Waals surface area contributed by atoms with Crippen LogP contribution in [0.2, 0.25) is 0 Å². The minimum absolute atomic E-state index is 0.246. The summed E-state index contributed by atoms with van der Waals surface area (Å²) in [5.41, 5.74) is 0. The zero-order chi connectivity index (χ0) is 6.57. The van der Waals surface area contributed by atoms with Crippen molar-refractivity contribution in [1.29, 1.82) is 0 Å². The topological polar surface area (TPSA) is 17.1 Å². The Morgan fingerprint density at radius 2 is 2.25 bits per heavy atom. The minimum atomic E-state index is -0.632. The quantitative estimate of drug-likeness (QED) is 0.503. The molecule has 0 amide bonds. The van der Waals surface area contributed by atoms with Crippen molar-refractivity contribution in [1.82, 2.24) is 0 Å². The van der Waals surface area contributed by atoms with Crippen LogP contribution < -0.4 is 0 Å². The molecule has 0 N–H and O–H groups in total. The van der Waals surface area contributed by atoms with Gasteiger partial charge in [0.25, 0.3) is 0 Å². The number of carbonyl (C=O) groups is 1. The van der Waals surface area contributed by atoms with Gasteiger partial charge in [-0.15, -0.1) is 0 Å². The highest BCUT2D eigenvalue weighted by molar-refractivity contribution is 5.92. The molecule has 0 rings (SSSR count). The highest BCUT2D eigenvalue weighted by atomic mass is 19.1. The summed E-state index contributed by atoms with van der Waals surface area (Å²) < 4.78 is 12.0. The van der Waals surface area contributed by atoms with Crippen LogP contribution >= 0.6 is 0 Å². The van der Waals surface area contributed by atoms with E-state index in [0.717, 1.165) is 0 Å². The molecule has 0 unspecified atom stereocenters. The van der Waals surface area contributed by atoms with E-state index in [1.54, 1.807) is 6.92 Å². The van der Waals surface area contributed by atoms with Gasteiger partial charge in [0.2, 0.25) is 0 Å². The molecule has 0 saturated heterocycles. The highest BCUT2D eigenvalue weighted by Gasteiger charge is 2.01. The van der Waals surface area contributed by atoms with Gasteiger partial charge >= 0.3 is 0 Å². The number of carbonyl (C=O) groups excluding carboxylic acids is 1. The lowest BCUT2D eigenvalue weighted by molar-refractivity contribution is -0.116. The Balaban J connectivity index is 3.83. The molecule has 0 aliphatic carbocycles. The second-order valence-corrected chi connectivity index (χ2v) is 1.41. The maximum Gasteiger partial charge on any atom is 0.190 e. The van der Waals surface area contributed by atoms with Gasteiger partial charge in [0, 0.05) is 6.42 Å². The van der Waals surface area contributed by atoms with Gasteiger partial charge in [-0.25, -0.2) is 4.39 Å². The monoisotopic (exact) mass is 116 g/mol. The molecular formula is C6H9FO. The third-order valence-corrected chi connectivity index (χ3v) is 0.841. The Bertz CT molecular complexity index is 116. The lowest BCUT2D eigenvalue weighted by Gasteiger charge is -1.86. The largest absolute Gasteiger partial charge is 0.292 e. The van der Waals surface area contributed by atoms with E-state index in [4.69, 9.17) is 0 Å². The molecule has 0 fully saturated rings. The standard InChI is InChI=1S/C6H9FO/c1-3-5(7)6(8)4-2/h3H,4H2,1-2H3. The Kier molecular flexibility index (Phi) is 3.08. The maximum atomic E-state index is 12.0. The zero-order valence-corrected chi connectivity index (χ0v) is 5.07. The van der Waals surface area contributed by atoms with Gasteiger partial charge in [-0.05, 0) is 13.0 Å². The number of allylic oxidation sites excluding steroid dienone is 2. The molecule has 46 valence electrons. The molecule has 0 aliphatic heterocycles. The van der Waals surface area contributed by atoms with Crippen LogP contribution in [0.4, 0.5) is 4.39 Å². The van der Waals surface area contributed by atoms with E-state index in [0.29, 0.717) is 0 Å². The Morgan fingerprint density at radius 3 is 2.38 bits per heavy atom. The van der Waals surface area contributed by atoms with Gasteiger partial charge in [-0.2, -0.15) is 0 Å².